The molecular weight excluding hydrogens is 382 g/mol. The van der Waals surface area contributed by atoms with Crippen LogP contribution in [0.1, 0.15) is 93.9 Å². The summed E-state index contributed by atoms with van der Waals surface area (Å²) in [5.41, 5.74) is 2.28. The Bertz CT molecular complexity index is 579. The van der Waals surface area contributed by atoms with Gasteiger partial charge in [0, 0.05) is 12.3 Å². The highest BCUT2D eigenvalue weighted by molar-refractivity contribution is 8.00. The van der Waals surface area contributed by atoms with Crippen molar-refractivity contribution in [2.45, 2.75) is 82.8 Å². The van der Waals surface area contributed by atoms with Gasteiger partial charge < -0.3 is 10.1 Å². The quantitative estimate of drug-likeness (QED) is 0.190. The third-order valence-corrected chi connectivity index (χ3v) is 6.55. The summed E-state index contributed by atoms with van der Waals surface area (Å²) in [6.07, 6.45) is 12.4. The molecule has 1 rings (SSSR count). The van der Waals surface area contributed by atoms with Crippen LogP contribution in [0.5, 0.6) is 0 Å². The largest absolute Gasteiger partial charge is 0.468 e. The van der Waals surface area contributed by atoms with Crippen molar-refractivity contribution in [3.05, 3.63) is 35.4 Å². The number of carbonyl (C=O) groups is 2. The number of ether oxygens (including phenoxy) is 1. The van der Waals surface area contributed by atoms with Crippen LogP contribution in [0.25, 0.3) is 0 Å². The minimum absolute atomic E-state index is 0.229. The van der Waals surface area contributed by atoms with Gasteiger partial charge >= 0.3 is 5.97 Å². The van der Waals surface area contributed by atoms with Crippen molar-refractivity contribution in [3.8, 4) is 0 Å². The molecule has 2 atom stereocenters. The molecule has 0 bridgehead atoms. The molecule has 0 saturated heterocycles. The maximum absolute atomic E-state index is 12.4. The summed E-state index contributed by atoms with van der Waals surface area (Å²) in [6, 6.07) is 8.23. The molecule has 0 aliphatic heterocycles. The van der Waals surface area contributed by atoms with Gasteiger partial charge in [-0.1, -0.05) is 89.5 Å². The first-order valence-electron chi connectivity index (χ1n) is 11.1. The molecule has 5 heteroatoms. The van der Waals surface area contributed by atoms with Crippen LogP contribution in [0.4, 0.5) is 0 Å². The summed E-state index contributed by atoms with van der Waals surface area (Å²) in [7, 11) is 1.44. The number of amides is 1. The van der Waals surface area contributed by atoms with Crippen LogP contribution in [0, 0.1) is 0 Å². The first-order chi connectivity index (χ1) is 14.2. The summed E-state index contributed by atoms with van der Waals surface area (Å²) in [5.74, 6) is 0.846. The van der Waals surface area contributed by atoms with Crippen molar-refractivity contribution in [3.63, 3.8) is 0 Å². The highest BCUT2D eigenvalue weighted by atomic mass is 32.2. The van der Waals surface area contributed by atoms with Crippen molar-refractivity contribution >= 4 is 24.1 Å². The molecule has 0 fully saturated rings. The fourth-order valence-corrected chi connectivity index (χ4v) is 4.72. The molecule has 0 aliphatic rings. The van der Waals surface area contributed by atoms with Gasteiger partial charge in [0.1, 0.15) is 5.25 Å². The molecule has 0 aliphatic carbocycles. The van der Waals surface area contributed by atoms with E-state index in [9.17, 15) is 9.59 Å². The van der Waals surface area contributed by atoms with E-state index in [2.05, 4.69) is 31.3 Å². The minimum Gasteiger partial charge on any atom is -0.468 e. The van der Waals surface area contributed by atoms with E-state index in [1.807, 2.05) is 12.1 Å². The lowest BCUT2D eigenvalue weighted by Gasteiger charge is -2.22. The lowest BCUT2D eigenvalue weighted by atomic mass is 9.89. The van der Waals surface area contributed by atoms with Gasteiger partial charge in [0.2, 0.25) is 6.41 Å². The fourth-order valence-electron chi connectivity index (χ4n) is 3.62. The van der Waals surface area contributed by atoms with Gasteiger partial charge in [-0.05, 0) is 23.5 Å². The normalized spacial score (nSPS) is 12.9. The molecule has 1 amide bonds. The van der Waals surface area contributed by atoms with E-state index in [0.717, 1.165) is 12.0 Å². The van der Waals surface area contributed by atoms with Crippen LogP contribution in [0.2, 0.25) is 0 Å². The lowest BCUT2D eigenvalue weighted by molar-refractivity contribution is -0.140. The molecule has 29 heavy (non-hydrogen) atoms. The smallest absolute Gasteiger partial charge is 0.323 e. The van der Waals surface area contributed by atoms with E-state index in [1.165, 1.54) is 75.8 Å². The average molecular weight is 422 g/mol. The molecule has 0 aromatic heterocycles. The molecule has 0 spiro atoms. The average Bonchev–Trinajstić information content (AvgIpc) is 2.75. The second-order valence-electron chi connectivity index (χ2n) is 7.64. The maximum Gasteiger partial charge on any atom is 0.323 e. The highest BCUT2D eigenvalue weighted by Crippen LogP contribution is 2.36. The van der Waals surface area contributed by atoms with Crippen LogP contribution in [-0.2, 0) is 14.3 Å². The van der Waals surface area contributed by atoms with Gasteiger partial charge in [-0.3, -0.25) is 9.59 Å². The maximum atomic E-state index is 12.4. The number of methoxy groups -OCH3 is 1. The van der Waals surface area contributed by atoms with E-state index < -0.39 is 0 Å². The zero-order valence-electron chi connectivity index (χ0n) is 18.5. The van der Waals surface area contributed by atoms with Gasteiger partial charge in [-0.2, -0.15) is 0 Å². The van der Waals surface area contributed by atoms with Crippen molar-refractivity contribution in [1.29, 1.82) is 0 Å². The van der Waals surface area contributed by atoms with Gasteiger partial charge in [-0.25, -0.2) is 0 Å². The Kier molecular flexibility index (Phi) is 14.4. The first-order valence-corrected chi connectivity index (χ1v) is 12.2. The van der Waals surface area contributed by atoms with Gasteiger partial charge in [0.15, 0.2) is 0 Å². The fraction of sp³-hybridized carbons (Fsp3) is 0.667. The SMILES string of the molecule is CCCCCCCCCCC(C)c1ccccc1C(SCCNC=O)C(=O)OC. The monoisotopic (exact) mass is 421 g/mol. The molecule has 4 nitrogen and oxygen atoms in total. The number of rotatable bonds is 17. The summed E-state index contributed by atoms with van der Waals surface area (Å²) in [5, 5.41) is 2.30. The minimum atomic E-state index is -0.356. The van der Waals surface area contributed by atoms with E-state index in [-0.39, 0.29) is 11.2 Å². The number of hydrogen-bond acceptors (Lipinski definition) is 4. The number of nitrogens with one attached hydrogen (secondary N) is 1. The Hall–Kier alpha value is -1.49. The number of esters is 1. The second kappa shape index (κ2) is 16.3. The predicted octanol–water partition coefficient (Wildman–Crippen LogP) is 6.01. The number of carbonyl (C=O) groups excluding carboxylic acids is 2. The second-order valence-corrected chi connectivity index (χ2v) is 8.85. The zero-order chi connectivity index (χ0) is 21.3. The third-order valence-electron chi connectivity index (χ3n) is 5.33. The Balaban J connectivity index is 2.62. The number of benzene rings is 1. The first kappa shape index (κ1) is 25.5. The van der Waals surface area contributed by atoms with Crippen LogP contribution in [0.15, 0.2) is 24.3 Å². The highest BCUT2D eigenvalue weighted by Gasteiger charge is 2.25. The summed E-state index contributed by atoms with van der Waals surface area (Å²) in [6.45, 7) is 5.05. The van der Waals surface area contributed by atoms with Gasteiger partial charge in [0.05, 0.1) is 7.11 Å². The molecule has 164 valence electrons. The van der Waals surface area contributed by atoms with Gasteiger partial charge in [-0.15, -0.1) is 11.8 Å². The molecule has 0 saturated carbocycles. The predicted molar refractivity (Wildman–Crippen MR) is 123 cm³/mol. The van der Waals surface area contributed by atoms with Crippen molar-refractivity contribution < 1.29 is 14.3 Å². The lowest BCUT2D eigenvalue weighted by Crippen LogP contribution is -2.18. The van der Waals surface area contributed by atoms with Crippen LogP contribution in [-0.4, -0.2) is 31.8 Å². The molecule has 0 radical (unpaired) electrons. The summed E-state index contributed by atoms with van der Waals surface area (Å²) >= 11 is 1.52. The molecule has 1 aromatic rings. The van der Waals surface area contributed by atoms with E-state index in [4.69, 9.17) is 4.74 Å². The van der Waals surface area contributed by atoms with E-state index in [0.29, 0.717) is 24.6 Å². The van der Waals surface area contributed by atoms with Crippen molar-refractivity contribution in [2.24, 2.45) is 0 Å². The van der Waals surface area contributed by atoms with Crippen LogP contribution < -0.4 is 5.32 Å². The molecular formula is C24H39NO3S. The van der Waals surface area contributed by atoms with E-state index in [1.54, 1.807) is 0 Å². The molecule has 0 heterocycles. The topological polar surface area (TPSA) is 55.4 Å². The van der Waals surface area contributed by atoms with Crippen LogP contribution >= 0.6 is 11.8 Å². The molecule has 1 N–H and O–H groups in total. The van der Waals surface area contributed by atoms with Crippen molar-refractivity contribution in [2.75, 3.05) is 19.4 Å². The van der Waals surface area contributed by atoms with Crippen LogP contribution in [0.3, 0.4) is 0 Å². The number of thioether (sulfide) groups is 1. The number of hydrogen-bond donors (Lipinski definition) is 1. The standard InChI is InChI=1S/C24H39NO3S/c1-4-5-6-7-8-9-10-11-14-20(2)21-15-12-13-16-22(21)23(24(27)28-3)29-18-17-25-19-26/h12-13,15-16,19-20,23H,4-11,14,17-18H2,1-3H3,(H,25,26). The van der Waals surface area contributed by atoms with Crippen molar-refractivity contribution in [1.82, 2.24) is 5.32 Å². The number of unbranched alkanes of at least 4 members (excludes halogenated alkanes) is 7. The Morgan fingerprint density at radius 2 is 1.69 bits per heavy atom. The summed E-state index contributed by atoms with van der Waals surface area (Å²) in [4.78, 5) is 22.9. The Morgan fingerprint density at radius 1 is 1.07 bits per heavy atom. The zero-order valence-corrected chi connectivity index (χ0v) is 19.3. The van der Waals surface area contributed by atoms with Gasteiger partial charge in [0.25, 0.3) is 0 Å². The van der Waals surface area contributed by atoms with E-state index >= 15 is 0 Å². The molecule has 1 aromatic carbocycles. The molecule has 2 unspecified atom stereocenters. The Morgan fingerprint density at radius 3 is 2.31 bits per heavy atom. The third kappa shape index (κ3) is 10.2. The summed E-state index contributed by atoms with van der Waals surface area (Å²) < 4.78 is 5.06. The Labute approximate surface area is 181 Å².